The summed E-state index contributed by atoms with van der Waals surface area (Å²) >= 11 is 0. The molecule has 0 amide bonds. The first-order valence-electron chi connectivity index (χ1n) is 10.9. The highest BCUT2D eigenvalue weighted by atomic mass is 19.2. The highest BCUT2D eigenvalue weighted by molar-refractivity contribution is 5.68. The van der Waals surface area contributed by atoms with Gasteiger partial charge in [0.25, 0.3) is 0 Å². The molecule has 0 atom stereocenters. The van der Waals surface area contributed by atoms with Crippen LogP contribution in [-0.4, -0.2) is 13.3 Å². The van der Waals surface area contributed by atoms with Crippen molar-refractivity contribution in [2.24, 2.45) is 0 Å². The molecule has 35 heavy (non-hydrogen) atoms. The van der Waals surface area contributed by atoms with E-state index in [1.165, 1.54) is 12.1 Å². The summed E-state index contributed by atoms with van der Waals surface area (Å²) in [6, 6.07) is 16.7. The molecule has 0 aliphatic carbocycles. The lowest BCUT2D eigenvalue weighted by molar-refractivity contribution is 0.446. The number of hydrogen-bond acceptors (Lipinski definition) is 1. The quantitative estimate of drug-likeness (QED) is 0.227. The van der Waals surface area contributed by atoms with Crippen LogP contribution >= 0.6 is 0 Å². The van der Waals surface area contributed by atoms with Gasteiger partial charge in [-0.2, -0.15) is 0 Å². The van der Waals surface area contributed by atoms with Crippen molar-refractivity contribution in [3.05, 3.63) is 107 Å². The number of aryl methyl sites for hydroxylation is 2. The van der Waals surface area contributed by atoms with Crippen molar-refractivity contribution in [2.45, 2.75) is 12.8 Å². The molecule has 0 aliphatic rings. The lowest BCUT2D eigenvalue weighted by atomic mass is 10.00. The third-order valence-electron chi connectivity index (χ3n) is 5.57. The molecule has 0 radical (unpaired) electrons. The van der Waals surface area contributed by atoms with Crippen molar-refractivity contribution in [3.63, 3.8) is 0 Å². The number of ether oxygens (including phenoxy) is 1. The SMILES string of the molecule is FCCc1cc(-c2ccc(F)c(F)c2)ccc1Oc1ccc(-c2ccc(F)c(F)c2)cc1CCF. The third kappa shape index (κ3) is 5.50. The van der Waals surface area contributed by atoms with Crippen LogP contribution in [0.15, 0.2) is 72.8 Å². The smallest absolute Gasteiger partial charge is 0.159 e. The monoisotopic (exact) mass is 486 g/mol. The topological polar surface area (TPSA) is 9.23 Å². The minimum atomic E-state index is -0.994. The standard InChI is InChI=1S/C28H20F6O/c29-11-9-21-13-17(19-1-5-23(31)25(33)15-19)3-7-27(21)35-28-8-4-18(14-22(28)10-12-30)20-2-6-24(32)26(34)16-20/h1-8,13-16H,9-12H2. The zero-order valence-corrected chi connectivity index (χ0v) is 18.4. The van der Waals surface area contributed by atoms with E-state index in [4.69, 9.17) is 4.74 Å². The molecule has 0 saturated carbocycles. The van der Waals surface area contributed by atoms with E-state index >= 15 is 0 Å². The van der Waals surface area contributed by atoms with E-state index in [-0.39, 0.29) is 12.8 Å². The van der Waals surface area contributed by atoms with E-state index in [0.717, 1.165) is 24.3 Å². The minimum absolute atomic E-state index is 0.0121. The van der Waals surface area contributed by atoms with Gasteiger partial charge >= 0.3 is 0 Å². The van der Waals surface area contributed by atoms with Gasteiger partial charge < -0.3 is 4.74 Å². The van der Waals surface area contributed by atoms with Crippen LogP contribution in [0.1, 0.15) is 11.1 Å². The van der Waals surface area contributed by atoms with Crippen molar-refractivity contribution in [1.82, 2.24) is 0 Å². The molecule has 0 fully saturated rings. The maximum atomic E-state index is 13.7. The van der Waals surface area contributed by atoms with E-state index in [9.17, 15) is 26.3 Å². The lowest BCUT2D eigenvalue weighted by Crippen LogP contribution is -1.99. The van der Waals surface area contributed by atoms with Gasteiger partial charge in [0.1, 0.15) is 11.5 Å². The van der Waals surface area contributed by atoms with Gasteiger partial charge in [-0.15, -0.1) is 0 Å². The fourth-order valence-electron chi connectivity index (χ4n) is 3.78. The molecule has 0 saturated heterocycles. The minimum Gasteiger partial charge on any atom is -0.457 e. The molecule has 0 spiro atoms. The van der Waals surface area contributed by atoms with E-state index in [1.54, 1.807) is 36.4 Å². The number of rotatable bonds is 8. The molecule has 180 valence electrons. The highest BCUT2D eigenvalue weighted by Crippen LogP contribution is 2.35. The van der Waals surface area contributed by atoms with Crippen LogP contribution in [0.2, 0.25) is 0 Å². The van der Waals surface area contributed by atoms with Gasteiger partial charge in [-0.05, 0) is 81.9 Å². The van der Waals surface area contributed by atoms with Crippen molar-refractivity contribution < 1.29 is 31.1 Å². The van der Waals surface area contributed by atoms with Gasteiger partial charge in [0, 0.05) is 12.8 Å². The molecule has 1 nitrogen and oxygen atoms in total. The van der Waals surface area contributed by atoms with Gasteiger partial charge in [-0.1, -0.05) is 24.3 Å². The lowest BCUT2D eigenvalue weighted by Gasteiger charge is -2.16. The Hall–Kier alpha value is -3.74. The van der Waals surface area contributed by atoms with Gasteiger partial charge in [0.2, 0.25) is 0 Å². The summed E-state index contributed by atoms with van der Waals surface area (Å²) < 4.78 is 86.5. The Kier molecular flexibility index (Phi) is 7.44. The predicted molar refractivity (Wildman–Crippen MR) is 123 cm³/mol. The predicted octanol–water partition coefficient (Wildman–Crippen LogP) is 8.39. The Labute approximate surface area is 198 Å². The summed E-state index contributed by atoms with van der Waals surface area (Å²) in [6.07, 6.45) is 0.0243. The Balaban J connectivity index is 1.68. The third-order valence-corrected chi connectivity index (χ3v) is 5.57. The summed E-state index contributed by atoms with van der Waals surface area (Å²) in [5, 5.41) is 0. The van der Waals surface area contributed by atoms with Crippen LogP contribution in [-0.2, 0) is 12.8 Å². The average molecular weight is 486 g/mol. The van der Waals surface area contributed by atoms with Crippen LogP contribution in [0.3, 0.4) is 0 Å². The molecule has 4 rings (SSSR count). The number of halogens is 6. The molecular weight excluding hydrogens is 466 g/mol. The fourth-order valence-corrected chi connectivity index (χ4v) is 3.78. The zero-order valence-electron chi connectivity index (χ0n) is 18.4. The highest BCUT2D eigenvalue weighted by Gasteiger charge is 2.14. The van der Waals surface area contributed by atoms with Gasteiger partial charge in [0.15, 0.2) is 23.3 Å². The molecule has 0 heterocycles. The second-order valence-corrected chi connectivity index (χ2v) is 7.88. The van der Waals surface area contributed by atoms with Crippen LogP contribution in [0.5, 0.6) is 11.5 Å². The summed E-state index contributed by atoms with van der Waals surface area (Å²) in [5.74, 6) is -3.27. The Morgan fingerprint density at radius 3 is 1.20 bits per heavy atom. The summed E-state index contributed by atoms with van der Waals surface area (Å²) in [6.45, 7) is -1.35. The van der Waals surface area contributed by atoms with Crippen molar-refractivity contribution in [1.29, 1.82) is 0 Å². The second-order valence-electron chi connectivity index (χ2n) is 7.88. The van der Waals surface area contributed by atoms with Crippen LogP contribution in [0.25, 0.3) is 22.3 Å². The van der Waals surface area contributed by atoms with Crippen molar-refractivity contribution in [2.75, 3.05) is 13.3 Å². The van der Waals surface area contributed by atoms with Crippen molar-refractivity contribution in [3.8, 4) is 33.8 Å². The fraction of sp³-hybridized carbons (Fsp3) is 0.143. The molecule has 7 heteroatoms. The summed E-state index contributed by atoms with van der Waals surface area (Å²) in [7, 11) is 0. The number of benzene rings is 4. The van der Waals surface area contributed by atoms with Crippen molar-refractivity contribution >= 4 is 0 Å². The Morgan fingerprint density at radius 1 is 0.457 bits per heavy atom. The summed E-state index contributed by atoms with van der Waals surface area (Å²) in [4.78, 5) is 0. The molecule has 4 aromatic carbocycles. The van der Waals surface area contributed by atoms with E-state index in [2.05, 4.69) is 0 Å². The molecule has 0 aromatic heterocycles. The molecule has 0 unspecified atom stereocenters. The van der Waals surface area contributed by atoms with Gasteiger partial charge in [0.05, 0.1) is 13.3 Å². The first kappa shape index (κ1) is 24.4. The average Bonchev–Trinajstić information content (AvgIpc) is 2.85. The first-order chi connectivity index (χ1) is 16.9. The van der Waals surface area contributed by atoms with E-state index in [1.807, 2.05) is 0 Å². The maximum absolute atomic E-state index is 13.7. The van der Waals surface area contributed by atoms with Crippen LogP contribution in [0.4, 0.5) is 26.3 Å². The molecule has 0 bridgehead atoms. The molecule has 4 aromatic rings. The van der Waals surface area contributed by atoms with Gasteiger partial charge in [-0.25, -0.2) is 17.6 Å². The van der Waals surface area contributed by atoms with E-state index in [0.29, 0.717) is 44.9 Å². The molecule has 0 aliphatic heterocycles. The number of hydrogen-bond donors (Lipinski definition) is 0. The first-order valence-corrected chi connectivity index (χ1v) is 10.9. The van der Waals surface area contributed by atoms with Crippen LogP contribution < -0.4 is 4.74 Å². The second kappa shape index (κ2) is 10.7. The van der Waals surface area contributed by atoms with E-state index < -0.39 is 36.6 Å². The maximum Gasteiger partial charge on any atom is 0.159 e. The normalized spacial score (nSPS) is 11.0. The van der Waals surface area contributed by atoms with Gasteiger partial charge in [-0.3, -0.25) is 8.78 Å². The number of alkyl halides is 2. The Morgan fingerprint density at radius 2 is 0.829 bits per heavy atom. The zero-order chi connectivity index (χ0) is 24.9. The Bertz CT molecular complexity index is 1250. The molecule has 0 N–H and O–H groups in total. The molecular formula is C28H20F6O. The van der Waals surface area contributed by atoms with Crippen LogP contribution in [0, 0.1) is 23.3 Å². The summed E-state index contributed by atoms with van der Waals surface area (Å²) in [5.41, 5.74) is 2.93. The largest absolute Gasteiger partial charge is 0.457 e.